The smallest absolute Gasteiger partial charge is 0.160 e. The van der Waals surface area contributed by atoms with Crippen LogP contribution in [0, 0.1) is 13.8 Å². The number of rotatable bonds is 4. The molecule has 3 atom stereocenters. The van der Waals surface area contributed by atoms with Crippen LogP contribution >= 0.6 is 0 Å². The van der Waals surface area contributed by atoms with Gasteiger partial charge in [0.2, 0.25) is 0 Å². The van der Waals surface area contributed by atoms with Gasteiger partial charge in [0.15, 0.2) is 11.5 Å². The largest absolute Gasteiger partial charge is 0.493 e. The molecule has 0 saturated heterocycles. The molecule has 5 rings (SSSR count). The molecule has 1 fully saturated rings. The van der Waals surface area contributed by atoms with Gasteiger partial charge < -0.3 is 19.8 Å². The third kappa shape index (κ3) is 3.01. The van der Waals surface area contributed by atoms with Crippen molar-refractivity contribution in [2.24, 2.45) is 0 Å². The molecule has 1 saturated carbocycles. The molecule has 4 nitrogen and oxygen atoms in total. The minimum absolute atomic E-state index is 0.287. The summed E-state index contributed by atoms with van der Waals surface area (Å²) in [6.45, 7) is 4.43. The van der Waals surface area contributed by atoms with E-state index in [0.717, 1.165) is 17.9 Å². The fourth-order valence-electron chi connectivity index (χ4n) is 5.62. The van der Waals surface area contributed by atoms with Crippen molar-refractivity contribution in [2.45, 2.75) is 57.5 Å². The Morgan fingerprint density at radius 1 is 1.00 bits per heavy atom. The number of nitrogens with one attached hydrogen (secondary N) is 2. The Bertz CT molecular complexity index is 1070. The number of hydrogen-bond acceptors (Lipinski definition) is 3. The summed E-state index contributed by atoms with van der Waals surface area (Å²) in [6, 6.07) is 11.8. The summed E-state index contributed by atoms with van der Waals surface area (Å²) in [6.07, 6.45) is 4.79. The van der Waals surface area contributed by atoms with E-state index in [1.54, 1.807) is 19.8 Å². The molecule has 1 aliphatic carbocycles. The van der Waals surface area contributed by atoms with Gasteiger partial charge >= 0.3 is 0 Å². The Morgan fingerprint density at radius 2 is 1.83 bits per heavy atom. The van der Waals surface area contributed by atoms with Crippen LogP contribution in [0.25, 0.3) is 10.9 Å². The highest BCUT2D eigenvalue weighted by molar-refractivity contribution is 5.89. The molecule has 0 radical (unpaired) electrons. The predicted molar refractivity (Wildman–Crippen MR) is 117 cm³/mol. The molecule has 152 valence electrons. The lowest BCUT2D eigenvalue weighted by Gasteiger charge is -2.34. The Kier molecular flexibility index (Phi) is 4.54. The molecule has 4 heteroatoms. The Labute approximate surface area is 172 Å². The second-order valence-electron chi connectivity index (χ2n) is 8.71. The maximum absolute atomic E-state index is 5.53. The second kappa shape index (κ2) is 7.10. The van der Waals surface area contributed by atoms with E-state index in [0.29, 0.717) is 12.0 Å². The number of fused-ring (bicyclic) bond motifs is 5. The molecular formula is C25H30N2O2. The lowest BCUT2D eigenvalue weighted by molar-refractivity contribution is 0.352. The Hall–Kier alpha value is -2.46. The van der Waals surface area contributed by atoms with Gasteiger partial charge in [0.1, 0.15) is 0 Å². The molecule has 3 aromatic rings. The van der Waals surface area contributed by atoms with Crippen molar-refractivity contribution in [2.75, 3.05) is 14.2 Å². The highest BCUT2D eigenvalue weighted by Gasteiger charge is 2.39. The number of benzene rings is 2. The van der Waals surface area contributed by atoms with Crippen molar-refractivity contribution in [3.63, 3.8) is 0 Å². The van der Waals surface area contributed by atoms with Crippen molar-refractivity contribution in [3.05, 3.63) is 58.3 Å². The summed E-state index contributed by atoms with van der Waals surface area (Å²) in [5.41, 5.74) is 8.21. The molecule has 0 amide bonds. The van der Waals surface area contributed by atoms with E-state index in [9.17, 15) is 0 Å². The monoisotopic (exact) mass is 390 g/mol. The molecule has 0 bridgehead atoms. The normalized spacial score (nSPS) is 23.1. The summed E-state index contributed by atoms with van der Waals surface area (Å²) < 4.78 is 10.9. The first kappa shape index (κ1) is 18.6. The fraction of sp³-hybridized carbons (Fsp3) is 0.440. The van der Waals surface area contributed by atoms with Crippen LogP contribution in [0.4, 0.5) is 0 Å². The second-order valence-corrected chi connectivity index (χ2v) is 8.71. The van der Waals surface area contributed by atoms with E-state index >= 15 is 0 Å². The van der Waals surface area contributed by atoms with Crippen LogP contribution in [-0.2, 0) is 6.42 Å². The van der Waals surface area contributed by atoms with E-state index < -0.39 is 0 Å². The van der Waals surface area contributed by atoms with Crippen molar-refractivity contribution in [3.8, 4) is 11.5 Å². The minimum atomic E-state index is 0.287. The summed E-state index contributed by atoms with van der Waals surface area (Å²) in [5.74, 6) is 2.20. The van der Waals surface area contributed by atoms with Crippen LogP contribution < -0.4 is 14.8 Å². The fourth-order valence-corrected chi connectivity index (χ4v) is 5.62. The van der Waals surface area contributed by atoms with Gasteiger partial charge in [-0.2, -0.15) is 0 Å². The molecule has 2 aromatic carbocycles. The Balaban J connectivity index is 1.59. The molecule has 2 aliphatic rings. The average molecular weight is 391 g/mol. The van der Waals surface area contributed by atoms with Gasteiger partial charge in [0.05, 0.1) is 20.3 Å². The molecule has 1 aromatic heterocycles. The van der Waals surface area contributed by atoms with Crippen LogP contribution in [0.2, 0.25) is 0 Å². The molecular weight excluding hydrogens is 360 g/mol. The average Bonchev–Trinajstić information content (AvgIpc) is 3.32. The molecule has 0 spiro atoms. The zero-order valence-corrected chi connectivity index (χ0v) is 17.8. The van der Waals surface area contributed by atoms with E-state index in [1.807, 2.05) is 6.07 Å². The number of aromatic amines is 1. The van der Waals surface area contributed by atoms with Gasteiger partial charge in [-0.15, -0.1) is 0 Å². The standard InChI is InChI=1S/C25H30N2O2/c1-14-10-15(2)24-18(11-14)23-17-6-5-7-19(17)26-20(25(23)27-24)12-16-8-9-21(28-3)22(13-16)29-4/h8-11,13,17,19-20,26-27H,5-7,12H2,1-4H3/t17-,19-,20+/m1/s1. The van der Waals surface area contributed by atoms with Crippen molar-refractivity contribution >= 4 is 10.9 Å². The highest BCUT2D eigenvalue weighted by atomic mass is 16.5. The third-order valence-corrected chi connectivity index (χ3v) is 6.86. The zero-order valence-electron chi connectivity index (χ0n) is 17.8. The van der Waals surface area contributed by atoms with Crippen LogP contribution in [-0.4, -0.2) is 25.2 Å². The predicted octanol–water partition coefficient (Wildman–Crippen LogP) is 5.33. The maximum atomic E-state index is 5.53. The van der Waals surface area contributed by atoms with Crippen LogP contribution in [0.15, 0.2) is 30.3 Å². The molecule has 2 heterocycles. The van der Waals surface area contributed by atoms with Crippen LogP contribution in [0.1, 0.15) is 59.2 Å². The first-order valence-electron chi connectivity index (χ1n) is 10.7. The quantitative estimate of drug-likeness (QED) is 0.633. The van der Waals surface area contributed by atoms with Crippen molar-refractivity contribution < 1.29 is 9.47 Å². The lowest BCUT2D eigenvalue weighted by Crippen LogP contribution is -2.40. The molecule has 0 unspecified atom stereocenters. The molecule has 2 N–H and O–H groups in total. The van der Waals surface area contributed by atoms with Crippen LogP contribution in [0.3, 0.4) is 0 Å². The first-order chi connectivity index (χ1) is 14.1. The minimum Gasteiger partial charge on any atom is -0.493 e. The van der Waals surface area contributed by atoms with Crippen molar-refractivity contribution in [1.82, 2.24) is 10.3 Å². The highest BCUT2D eigenvalue weighted by Crippen LogP contribution is 2.47. The summed E-state index contributed by atoms with van der Waals surface area (Å²) in [4.78, 5) is 3.83. The summed E-state index contributed by atoms with van der Waals surface area (Å²) in [5, 5.41) is 5.42. The lowest BCUT2D eigenvalue weighted by atomic mass is 9.83. The number of ether oxygens (including phenoxy) is 2. The van der Waals surface area contributed by atoms with Gasteiger partial charge in [0.25, 0.3) is 0 Å². The van der Waals surface area contributed by atoms with Gasteiger partial charge in [-0.3, -0.25) is 0 Å². The number of aromatic nitrogens is 1. The van der Waals surface area contributed by atoms with Crippen molar-refractivity contribution in [1.29, 1.82) is 0 Å². The van der Waals surface area contributed by atoms with E-state index in [-0.39, 0.29) is 6.04 Å². The molecule has 1 aliphatic heterocycles. The third-order valence-electron chi connectivity index (χ3n) is 6.86. The van der Waals surface area contributed by atoms with Crippen LogP contribution in [0.5, 0.6) is 11.5 Å². The maximum Gasteiger partial charge on any atom is 0.160 e. The first-order valence-corrected chi connectivity index (χ1v) is 10.7. The van der Waals surface area contributed by atoms with Gasteiger partial charge in [0, 0.05) is 28.6 Å². The van der Waals surface area contributed by atoms with Gasteiger partial charge in [-0.05, 0) is 68.0 Å². The van der Waals surface area contributed by atoms with E-state index in [2.05, 4.69) is 48.4 Å². The zero-order chi connectivity index (χ0) is 20.1. The number of hydrogen-bond donors (Lipinski definition) is 2. The SMILES string of the molecule is COc1ccc(C[C@@H]2N[C@@H]3CCC[C@H]3c3c2[nH]c2c(C)cc(C)cc32)cc1OC. The summed E-state index contributed by atoms with van der Waals surface area (Å²) >= 11 is 0. The number of methoxy groups -OCH3 is 2. The molecule has 29 heavy (non-hydrogen) atoms. The van der Waals surface area contributed by atoms with E-state index in [1.165, 1.54) is 52.5 Å². The van der Waals surface area contributed by atoms with Gasteiger partial charge in [-0.25, -0.2) is 0 Å². The van der Waals surface area contributed by atoms with Gasteiger partial charge in [-0.1, -0.05) is 24.1 Å². The number of aryl methyl sites for hydroxylation is 2. The Morgan fingerprint density at radius 3 is 2.62 bits per heavy atom. The number of H-pyrrole nitrogens is 1. The topological polar surface area (TPSA) is 46.3 Å². The van der Waals surface area contributed by atoms with E-state index in [4.69, 9.17) is 9.47 Å². The summed E-state index contributed by atoms with van der Waals surface area (Å²) in [7, 11) is 3.38.